The van der Waals surface area contributed by atoms with Crippen LogP contribution in [0.1, 0.15) is 5.56 Å². The number of nitrogens with one attached hydrogen (secondary N) is 1. The summed E-state index contributed by atoms with van der Waals surface area (Å²) in [4.78, 5) is 7.88. The molecule has 18 heavy (non-hydrogen) atoms. The summed E-state index contributed by atoms with van der Waals surface area (Å²) < 4.78 is 1.26. The van der Waals surface area contributed by atoms with Crippen LogP contribution in [0.25, 0.3) is 22.4 Å². The molecule has 0 saturated carbocycles. The highest BCUT2D eigenvalue weighted by molar-refractivity contribution is 14.1. The SMILES string of the molecule is Cc1cc(-c2nc3ccc(Cl)cc3[nH]2)ccc1I. The fraction of sp³-hybridized carbons (Fsp3) is 0.0714. The molecule has 4 heteroatoms. The maximum absolute atomic E-state index is 5.97. The molecule has 0 aliphatic rings. The summed E-state index contributed by atoms with van der Waals surface area (Å²) in [7, 11) is 0. The zero-order valence-electron chi connectivity index (χ0n) is 9.67. The summed E-state index contributed by atoms with van der Waals surface area (Å²) in [5.41, 5.74) is 4.26. The molecule has 0 aliphatic carbocycles. The number of benzene rings is 2. The molecule has 1 N–H and O–H groups in total. The highest BCUT2D eigenvalue weighted by atomic mass is 127. The Morgan fingerprint density at radius 2 is 2.00 bits per heavy atom. The van der Waals surface area contributed by atoms with Gasteiger partial charge in [-0.25, -0.2) is 4.98 Å². The number of hydrogen-bond donors (Lipinski definition) is 1. The monoisotopic (exact) mass is 368 g/mol. The van der Waals surface area contributed by atoms with Gasteiger partial charge in [0.25, 0.3) is 0 Å². The number of fused-ring (bicyclic) bond motifs is 1. The van der Waals surface area contributed by atoms with Crippen molar-refractivity contribution in [2.75, 3.05) is 0 Å². The first-order valence-corrected chi connectivity index (χ1v) is 7.01. The first-order valence-electron chi connectivity index (χ1n) is 5.55. The third-order valence-electron chi connectivity index (χ3n) is 2.88. The lowest BCUT2D eigenvalue weighted by molar-refractivity contribution is 1.32. The molecule has 0 radical (unpaired) electrons. The molecule has 90 valence electrons. The van der Waals surface area contributed by atoms with Gasteiger partial charge in [0.05, 0.1) is 11.0 Å². The van der Waals surface area contributed by atoms with Gasteiger partial charge in [0.2, 0.25) is 0 Å². The topological polar surface area (TPSA) is 28.7 Å². The van der Waals surface area contributed by atoms with Crippen molar-refractivity contribution in [1.29, 1.82) is 0 Å². The third-order valence-corrected chi connectivity index (χ3v) is 4.32. The van der Waals surface area contributed by atoms with Gasteiger partial charge in [-0.15, -0.1) is 0 Å². The Kier molecular flexibility index (Phi) is 3.03. The van der Waals surface area contributed by atoms with Crippen molar-refractivity contribution >= 4 is 45.2 Å². The highest BCUT2D eigenvalue weighted by Gasteiger charge is 2.06. The van der Waals surface area contributed by atoms with Gasteiger partial charge in [0.15, 0.2) is 0 Å². The van der Waals surface area contributed by atoms with E-state index >= 15 is 0 Å². The van der Waals surface area contributed by atoms with Crippen LogP contribution < -0.4 is 0 Å². The maximum atomic E-state index is 5.97. The minimum Gasteiger partial charge on any atom is -0.338 e. The number of H-pyrrole nitrogens is 1. The summed E-state index contributed by atoms with van der Waals surface area (Å²) in [5.74, 6) is 0.881. The lowest BCUT2D eigenvalue weighted by atomic mass is 10.1. The summed E-state index contributed by atoms with van der Waals surface area (Å²) >= 11 is 8.30. The fourth-order valence-corrected chi connectivity index (χ4v) is 2.42. The van der Waals surface area contributed by atoms with Crippen LogP contribution in [0.2, 0.25) is 5.02 Å². The van der Waals surface area contributed by atoms with E-state index in [-0.39, 0.29) is 0 Å². The Bertz CT molecular complexity index is 734. The molecule has 0 saturated heterocycles. The summed E-state index contributed by atoms with van der Waals surface area (Å²) in [5, 5.41) is 0.719. The molecule has 0 fully saturated rings. The Balaban J connectivity index is 2.16. The van der Waals surface area contributed by atoms with E-state index in [4.69, 9.17) is 11.6 Å². The molecule has 1 aromatic heterocycles. The third kappa shape index (κ3) is 2.12. The van der Waals surface area contributed by atoms with Gasteiger partial charge in [0, 0.05) is 14.2 Å². The molecule has 0 bridgehead atoms. The van der Waals surface area contributed by atoms with Gasteiger partial charge >= 0.3 is 0 Å². The Morgan fingerprint density at radius 3 is 2.78 bits per heavy atom. The van der Waals surface area contributed by atoms with E-state index in [1.54, 1.807) is 0 Å². The second-order valence-electron chi connectivity index (χ2n) is 4.21. The quantitative estimate of drug-likeness (QED) is 0.614. The normalized spacial score (nSPS) is 11.1. The predicted octanol–water partition coefficient (Wildman–Crippen LogP) is 4.80. The van der Waals surface area contributed by atoms with Crippen molar-refractivity contribution < 1.29 is 0 Å². The number of rotatable bonds is 1. The Labute approximate surface area is 124 Å². The second kappa shape index (κ2) is 4.55. The molecule has 3 aromatic rings. The van der Waals surface area contributed by atoms with E-state index in [0.717, 1.165) is 27.4 Å². The van der Waals surface area contributed by atoms with Crippen LogP contribution in [0, 0.1) is 10.5 Å². The molecule has 2 nitrogen and oxygen atoms in total. The van der Waals surface area contributed by atoms with Gasteiger partial charge in [-0.1, -0.05) is 17.7 Å². The van der Waals surface area contributed by atoms with Crippen LogP contribution in [-0.4, -0.2) is 9.97 Å². The van der Waals surface area contributed by atoms with Crippen molar-refractivity contribution in [3.05, 3.63) is 50.6 Å². The van der Waals surface area contributed by atoms with Gasteiger partial charge < -0.3 is 4.98 Å². The zero-order chi connectivity index (χ0) is 12.7. The Morgan fingerprint density at radius 1 is 1.17 bits per heavy atom. The molecule has 2 aromatic carbocycles. The van der Waals surface area contributed by atoms with Crippen molar-refractivity contribution in [1.82, 2.24) is 9.97 Å². The molecule has 0 unspecified atom stereocenters. The second-order valence-corrected chi connectivity index (χ2v) is 5.81. The Hall–Kier alpha value is -1.07. The molecule has 0 atom stereocenters. The van der Waals surface area contributed by atoms with Crippen molar-refractivity contribution in [2.24, 2.45) is 0 Å². The van der Waals surface area contributed by atoms with Gasteiger partial charge in [0.1, 0.15) is 5.82 Å². The smallest absolute Gasteiger partial charge is 0.138 e. The number of hydrogen-bond acceptors (Lipinski definition) is 1. The number of aromatic amines is 1. The summed E-state index contributed by atoms with van der Waals surface area (Å²) in [6.45, 7) is 2.10. The molecule has 0 spiro atoms. The summed E-state index contributed by atoms with van der Waals surface area (Å²) in [6, 6.07) is 12.0. The number of imidazole rings is 1. The highest BCUT2D eigenvalue weighted by Crippen LogP contribution is 2.24. The van der Waals surface area contributed by atoms with Crippen LogP contribution in [0.3, 0.4) is 0 Å². The largest absolute Gasteiger partial charge is 0.338 e. The van der Waals surface area contributed by atoms with E-state index in [2.05, 4.69) is 57.7 Å². The average Bonchev–Trinajstić information content (AvgIpc) is 2.75. The predicted molar refractivity (Wildman–Crippen MR) is 84.0 cm³/mol. The fourth-order valence-electron chi connectivity index (χ4n) is 1.91. The number of aryl methyl sites for hydroxylation is 1. The van der Waals surface area contributed by atoms with Crippen LogP contribution >= 0.6 is 34.2 Å². The molecule has 1 heterocycles. The number of nitrogens with zero attached hydrogens (tertiary/aromatic N) is 1. The van der Waals surface area contributed by atoms with E-state index in [9.17, 15) is 0 Å². The van der Waals surface area contributed by atoms with Crippen molar-refractivity contribution in [3.8, 4) is 11.4 Å². The molecule has 0 amide bonds. The van der Waals surface area contributed by atoms with Crippen LogP contribution in [0.5, 0.6) is 0 Å². The van der Waals surface area contributed by atoms with Crippen LogP contribution in [0.15, 0.2) is 36.4 Å². The van der Waals surface area contributed by atoms with Crippen molar-refractivity contribution in [2.45, 2.75) is 6.92 Å². The standard InChI is InChI=1S/C14H10ClIN2/c1-8-6-9(2-4-11(8)16)14-17-12-5-3-10(15)7-13(12)18-14/h2-7H,1H3,(H,17,18). The van der Waals surface area contributed by atoms with E-state index < -0.39 is 0 Å². The minimum atomic E-state index is 0.719. The molecule has 0 aliphatic heterocycles. The zero-order valence-corrected chi connectivity index (χ0v) is 12.6. The first-order chi connectivity index (χ1) is 8.63. The summed E-state index contributed by atoms with van der Waals surface area (Å²) in [6.07, 6.45) is 0. The van der Waals surface area contributed by atoms with E-state index in [1.165, 1.54) is 9.13 Å². The van der Waals surface area contributed by atoms with Gasteiger partial charge in [-0.3, -0.25) is 0 Å². The average molecular weight is 369 g/mol. The minimum absolute atomic E-state index is 0.719. The lowest BCUT2D eigenvalue weighted by Crippen LogP contribution is -1.84. The molecular weight excluding hydrogens is 359 g/mol. The van der Waals surface area contributed by atoms with Crippen LogP contribution in [-0.2, 0) is 0 Å². The van der Waals surface area contributed by atoms with Crippen molar-refractivity contribution in [3.63, 3.8) is 0 Å². The van der Waals surface area contributed by atoms with Crippen LogP contribution in [0.4, 0.5) is 0 Å². The molecule has 3 rings (SSSR count). The van der Waals surface area contributed by atoms with Gasteiger partial charge in [-0.05, 0) is 65.4 Å². The van der Waals surface area contributed by atoms with E-state index in [0.29, 0.717) is 0 Å². The number of aromatic nitrogens is 2. The molecular formula is C14H10ClIN2. The van der Waals surface area contributed by atoms with Gasteiger partial charge in [-0.2, -0.15) is 0 Å². The number of halogens is 2. The first kappa shape index (κ1) is 12.0. The lowest BCUT2D eigenvalue weighted by Gasteiger charge is -2.00. The maximum Gasteiger partial charge on any atom is 0.138 e. The van der Waals surface area contributed by atoms with E-state index in [1.807, 2.05) is 18.2 Å².